The third-order valence-corrected chi connectivity index (χ3v) is 3.26. The Labute approximate surface area is 105 Å². The highest BCUT2D eigenvalue weighted by Crippen LogP contribution is 2.29. The van der Waals surface area contributed by atoms with E-state index in [9.17, 15) is 4.79 Å². The molecule has 0 aliphatic rings. The number of carbonyl (C=O) groups excluding carboxylic acids is 1. The molecule has 0 unspecified atom stereocenters. The smallest absolute Gasteiger partial charge is 0.153 e. The Balaban J connectivity index is 2.93. The van der Waals surface area contributed by atoms with E-state index in [0.717, 1.165) is 35.3 Å². The van der Waals surface area contributed by atoms with Gasteiger partial charge in [-0.05, 0) is 13.8 Å². The average molecular weight is 252 g/mol. The molecule has 0 saturated heterocycles. The standard InChI is InChI=1S/C12H14ClN3O/c1-4-9-14-7(3)10-8(6-17)11(13)16(5-2)12(10)15-9/h6H,4-5H2,1-3H3. The highest BCUT2D eigenvalue weighted by Gasteiger charge is 2.18. The van der Waals surface area contributed by atoms with Crippen molar-refractivity contribution in [1.82, 2.24) is 14.5 Å². The van der Waals surface area contributed by atoms with Gasteiger partial charge in [-0.3, -0.25) is 4.79 Å². The zero-order valence-corrected chi connectivity index (χ0v) is 10.9. The molecule has 0 amide bonds. The maximum absolute atomic E-state index is 11.1. The monoisotopic (exact) mass is 251 g/mol. The van der Waals surface area contributed by atoms with Crippen LogP contribution in [0, 0.1) is 6.92 Å². The number of aldehydes is 1. The second-order valence-electron chi connectivity index (χ2n) is 3.84. The van der Waals surface area contributed by atoms with Crippen LogP contribution >= 0.6 is 11.6 Å². The number of hydrogen-bond acceptors (Lipinski definition) is 3. The summed E-state index contributed by atoms with van der Waals surface area (Å²) in [6.07, 6.45) is 1.54. The van der Waals surface area contributed by atoms with Crippen LogP contribution in [0.4, 0.5) is 0 Å². The summed E-state index contributed by atoms with van der Waals surface area (Å²) in [5.74, 6) is 0.774. The molecule has 0 aliphatic carbocycles. The lowest BCUT2D eigenvalue weighted by atomic mass is 10.2. The number of carbonyl (C=O) groups is 1. The summed E-state index contributed by atoms with van der Waals surface area (Å²) in [7, 11) is 0. The Morgan fingerprint density at radius 2 is 2.06 bits per heavy atom. The van der Waals surface area contributed by atoms with Gasteiger partial charge in [-0.25, -0.2) is 9.97 Å². The number of aromatic nitrogens is 3. The van der Waals surface area contributed by atoms with Crippen molar-refractivity contribution >= 4 is 28.9 Å². The fourth-order valence-electron chi connectivity index (χ4n) is 2.02. The van der Waals surface area contributed by atoms with Crippen molar-refractivity contribution in [2.45, 2.75) is 33.7 Å². The van der Waals surface area contributed by atoms with Gasteiger partial charge in [0.2, 0.25) is 0 Å². The predicted molar refractivity (Wildman–Crippen MR) is 67.7 cm³/mol. The van der Waals surface area contributed by atoms with Crippen LogP contribution in [0.1, 0.15) is 35.7 Å². The van der Waals surface area contributed by atoms with Crippen LogP contribution in [0.3, 0.4) is 0 Å². The van der Waals surface area contributed by atoms with Gasteiger partial charge in [-0.2, -0.15) is 0 Å². The van der Waals surface area contributed by atoms with Gasteiger partial charge in [0.05, 0.1) is 16.6 Å². The molecule has 2 aromatic rings. The first-order valence-electron chi connectivity index (χ1n) is 5.64. The van der Waals surface area contributed by atoms with Crippen molar-refractivity contribution in [2.24, 2.45) is 0 Å². The maximum atomic E-state index is 11.1. The van der Waals surface area contributed by atoms with Crippen molar-refractivity contribution < 1.29 is 4.79 Å². The summed E-state index contributed by atoms with van der Waals surface area (Å²) in [6, 6.07) is 0. The summed E-state index contributed by atoms with van der Waals surface area (Å²) >= 11 is 6.18. The minimum absolute atomic E-state index is 0.447. The molecule has 0 bridgehead atoms. The van der Waals surface area contributed by atoms with E-state index in [-0.39, 0.29) is 0 Å². The van der Waals surface area contributed by atoms with Crippen molar-refractivity contribution in [3.8, 4) is 0 Å². The fraction of sp³-hybridized carbons (Fsp3) is 0.417. The molecule has 17 heavy (non-hydrogen) atoms. The topological polar surface area (TPSA) is 47.8 Å². The molecule has 5 heteroatoms. The van der Waals surface area contributed by atoms with Gasteiger partial charge < -0.3 is 4.57 Å². The SMILES string of the molecule is CCc1nc(C)c2c(C=O)c(Cl)n(CC)c2n1. The van der Waals surface area contributed by atoms with Crippen LogP contribution in [0.5, 0.6) is 0 Å². The molecule has 2 aromatic heterocycles. The second-order valence-corrected chi connectivity index (χ2v) is 4.20. The number of rotatable bonds is 3. The van der Waals surface area contributed by atoms with Gasteiger partial charge in [-0.1, -0.05) is 18.5 Å². The van der Waals surface area contributed by atoms with Crippen molar-refractivity contribution in [3.05, 3.63) is 22.2 Å². The van der Waals surface area contributed by atoms with Crippen molar-refractivity contribution in [3.63, 3.8) is 0 Å². The lowest BCUT2D eigenvalue weighted by molar-refractivity contribution is 0.112. The Kier molecular flexibility index (Phi) is 3.15. The molecule has 0 atom stereocenters. The number of fused-ring (bicyclic) bond motifs is 1. The first-order chi connectivity index (χ1) is 8.13. The van der Waals surface area contributed by atoms with Crippen LogP contribution in [-0.2, 0) is 13.0 Å². The highest BCUT2D eigenvalue weighted by atomic mass is 35.5. The van der Waals surface area contributed by atoms with E-state index in [2.05, 4.69) is 9.97 Å². The maximum Gasteiger partial charge on any atom is 0.153 e. The van der Waals surface area contributed by atoms with Crippen LogP contribution in [0.25, 0.3) is 11.0 Å². The lowest BCUT2D eigenvalue weighted by Gasteiger charge is -2.04. The summed E-state index contributed by atoms with van der Waals surface area (Å²) in [6.45, 7) is 6.54. The van der Waals surface area contributed by atoms with Gasteiger partial charge in [0.15, 0.2) is 6.29 Å². The number of hydrogen-bond donors (Lipinski definition) is 0. The molecule has 2 heterocycles. The quantitative estimate of drug-likeness (QED) is 0.788. The minimum atomic E-state index is 0.447. The number of aryl methyl sites for hydroxylation is 3. The first kappa shape index (κ1) is 12.0. The van der Waals surface area contributed by atoms with Gasteiger partial charge >= 0.3 is 0 Å². The first-order valence-corrected chi connectivity index (χ1v) is 6.02. The second kappa shape index (κ2) is 4.45. The van der Waals surface area contributed by atoms with E-state index in [4.69, 9.17) is 11.6 Å². The largest absolute Gasteiger partial charge is 0.316 e. The molecule has 0 aromatic carbocycles. The van der Waals surface area contributed by atoms with Gasteiger partial charge in [-0.15, -0.1) is 0 Å². The Morgan fingerprint density at radius 3 is 2.59 bits per heavy atom. The highest BCUT2D eigenvalue weighted by molar-refractivity contribution is 6.34. The molecule has 0 fully saturated rings. The third kappa shape index (κ3) is 1.72. The van der Waals surface area contributed by atoms with Gasteiger partial charge in [0.25, 0.3) is 0 Å². The summed E-state index contributed by atoms with van der Waals surface area (Å²) in [5, 5.41) is 1.22. The van der Waals surface area contributed by atoms with E-state index >= 15 is 0 Å². The third-order valence-electron chi connectivity index (χ3n) is 2.85. The average Bonchev–Trinajstić information content (AvgIpc) is 2.60. The van der Waals surface area contributed by atoms with E-state index in [1.807, 2.05) is 25.3 Å². The van der Waals surface area contributed by atoms with Gasteiger partial charge in [0.1, 0.15) is 16.6 Å². The molecule has 2 rings (SSSR count). The summed E-state index contributed by atoms with van der Waals surface area (Å²) in [4.78, 5) is 20.0. The Bertz CT molecular complexity index is 589. The normalized spacial score (nSPS) is 11.1. The zero-order chi connectivity index (χ0) is 12.6. The van der Waals surface area contributed by atoms with Crippen molar-refractivity contribution in [1.29, 1.82) is 0 Å². The summed E-state index contributed by atoms with van der Waals surface area (Å²) in [5.41, 5.74) is 2.05. The van der Waals surface area contributed by atoms with Crippen LogP contribution < -0.4 is 0 Å². The molecule has 0 N–H and O–H groups in total. The number of nitrogens with zero attached hydrogens (tertiary/aromatic N) is 3. The molecule has 4 nitrogen and oxygen atoms in total. The van der Waals surface area contributed by atoms with Gasteiger partial charge in [0, 0.05) is 13.0 Å². The van der Waals surface area contributed by atoms with Crippen LogP contribution in [0.2, 0.25) is 5.15 Å². The molecule has 0 saturated carbocycles. The molecule has 0 spiro atoms. The predicted octanol–water partition coefficient (Wildman–Crippen LogP) is 2.79. The van der Waals surface area contributed by atoms with Crippen molar-refractivity contribution in [2.75, 3.05) is 0 Å². The molecular weight excluding hydrogens is 238 g/mol. The van der Waals surface area contributed by atoms with E-state index in [0.29, 0.717) is 17.3 Å². The fourth-order valence-corrected chi connectivity index (χ4v) is 2.36. The Hall–Kier alpha value is -1.42. The minimum Gasteiger partial charge on any atom is -0.316 e. The molecular formula is C12H14ClN3O. The van der Waals surface area contributed by atoms with E-state index in [1.165, 1.54) is 0 Å². The Morgan fingerprint density at radius 1 is 1.35 bits per heavy atom. The molecule has 0 aliphatic heterocycles. The van der Waals surface area contributed by atoms with E-state index < -0.39 is 0 Å². The van der Waals surface area contributed by atoms with Crippen LogP contribution in [0.15, 0.2) is 0 Å². The number of halogens is 1. The molecule has 90 valence electrons. The lowest BCUT2D eigenvalue weighted by Crippen LogP contribution is -2.00. The summed E-state index contributed by atoms with van der Waals surface area (Å²) < 4.78 is 1.84. The van der Waals surface area contributed by atoms with E-state index in [1.54, 1.807) is 0 Å². The molecule has 0 radical (unpaired) electrons. The zero-order valence-electron chi connectivity index (χ0n) is 10.1. The van der Waals surface area contributed by atoms with Crippen LogP contribution in [-0.4, -0.2) is 20.8 Å².